The molecule has 0 aliphatic heterocycles. The van der Waals surface area contributed by atoms with Crippen LogP contribution in [-0.4, -0.2) is 44.2 Å². The standard InChI is InChI=1S/C10H24N2O2S/c1-5-8-12(7-3)15(13,14)10(4)9-11-6-2/h10-11H,5-9H2,1-4H3. The summed E-state index contributed by atoms with van der Waals surface area (Å²) in [6, 6.07) is 0. The summed E-state index contributed by atoms with van der Waals surface area (Å²) in [5.41, 5.74) is 0. The van der Waals surface area contributed by atoms with Crippen LogP contribution in [0.25, 0.3) is 0 Å². The van der Waals surface area contributed by atoms with Gasteiger partial charge >= 0.3 is 0 Å². The summed E-state index contributed by atoms with van der Waals surface area (Å²) in [7, 11) is -3.11. The van der Waals surface area contributed by atoms with Crippen molar-refractivity contribution < 1.29 is 8.42 Å². The summed E-state index contributed by atoms with van der Waals surface area (Å²) in [5, 5.41) is 2.73. The first-order valence-corrected chi connectivity index (χ1v) is 7.20. The Morgan fingerprint density at radius 3 is 2.27 bits per heavy atom. The van der Waals surface area contributed by atoms with Crippen molar-refractivity contribution in [3.05, 3.63) is 0 Å². The molecule has 0 fully saturated rings. The van der Waals surface area contributed by atoms with E-state index in [-0.39, 0.29) is 5.25 Å². The van der Waals surface area contributed by atoms with Crippen molar-refractivity contribution in [2.24, 2.45) is 0 Å². The molecule has 0 radical (unpaired) electrons. The molecule has 1 atom stereocenters. The Bertz CT molecular complexity index is 252. The minimum atomic E-state index is -3.11. The highest BCUT2D eigenvalue weighted by Gasteiger charge is 2.26. The molecule has 0 aliphatic rings. The topological polar surface area (TPSA) is 49.4 Å². The Kier molecular flexibility index (Phi) is 7.13. The van der Waals surface area contributed by atoms with E-state index in [9.17, 15) is 8.42 Å². The molecule has 0 aromatic rings. The fourth-order valence-electron chi connectivity index (χ4n) is 1.42. The van der Waals surface area contributed by atoms with E-state index in [1.54, 1.807) is 11.2 Å². The van der Waals surface area contributed by atoms with Crippen LogP contribution >= 0.6 is 0 Å². The lowest BCUT2D eigenvalue weighted by molar-refractivity contribution is 0.418. The lowest BCUT2D eigenvalue weighted by atomic mass is 10.5. The maximum Gasteiger partial charge on any atom is 0.217 e. The van der Waals surface area contributed by atoms with Gasteiger partial charge in [0, 0.05) is 19.6 Å². The van der Waals surface area contributed by atoms with Gasteiger partial charge in [0.15, 0.2) is 0 Å². The molecule has 0 heterocycles. The van der Waals surface area contributed by atoms with Crippen molar-refractivity contribution in [2.75, 3.05) is 26.2 Å². The highest BCUT2D eigenvalue weighted by molar-refractivity contribution is 7.89. The first kappa shape index (κ1) is 14.9. The molecular formula is C10H24N2O2S. The maximum atomic E-state index is 12.0. The number of rotatable bonds is 8. The monoisotopic (exact) mass is 236 g/mol. The second-order valence-electron chi connectivity index (χ2n) is 3.65. The van der Waals surface area contributed by atoms with E-state index in [0.29, 0.717) is 19.6 Å². The van der Waals surface area contributed by atoms with Crippen LogP contribution in [0.5, 0.6) is 0 Å². The molecule has 0 spiro atoms. The van der Waals surface area contributed by atoms with Gasteiger partial charge in [-0.2, -0.15) is 0 Å². The van der Waals surface area contributed by atoms with E-state index in [4.69, 9.17) is 0 Å². The van der Waals surface area contributed by atoms with Crippen LogP contribution in [0.2, 0.25) is 0 Å². The molecule has 0 aromatic heterocycles. The molecule has 0 aliphatic carbocycles. The zero-order chi connectivity index (χ0) is 11.9. The van der Waals surface area contributed by atoms with Gasteiger partial charge in [-0.05, 0) is 19.9 Å². The van der Waals surface area contributed by atoms with Crippen LogP contribution in [0.3, 0.4) is 0 Å². The van der Waals surface area contributed by atoms with Crippen LogP contribution < -0.4 is 5.32 Å². The minimum absolute atomic E-state index is 0.344. The van der Waals surface area contributed by atoms with E-state index in [0.717, 1.165) is 13.0 Å². The Morgan fingerprint density at radius 2 is 1.87 bits per heavy atom. The van der Waals surface area contributed by atoms with Gasteiger partial charge < -0.3 is 5.32 Å². The Balaban J connectivity index is 4.48. The fraction of sp³-hybridized carbons (Fsp3) is 1.00. The van der Waals surface area contributed by atoms with E-state index in [1.807, 2.05) is 20.8 Å². The zero-order valence-electron chi connectivity index (χ0n) is 10.3. The van der Waals surface area contributed by atoms with E-state index in [2.05, 4.69) is 5.32 Å². The highest BCUT2D eigenvalue weighted by atomic mass is 32.2. The molecule has 0 aromatic carbocycles. The molecule has 5 heteroatoms. The highest BCUT2D eigenvalue weighted by Crippen LogP contribution is 2.08. The molecule has 0 amide bonds. The van der Waals surface area contributed by atoms with Crippen LogP contribution in [0, 0.1) is 0 Å². The molecule has 0 saturated heterocycles. The lowest BCUT2D eigenvalue weighted by Crippen LogP contribution is -2.42. The summed E-state index contributed by atoms with van der Waals surface area (Å²) in [6.07, 6.45) is 0.862. The summed E-state index contributed by atoms with van der Waals surface area (Å²) in [4.78, 5) is 0. The van der Waals surface area contributed by atoms with E-state index >= 15 is 0 Å². The summed E-state index contributed by atoms with van der Waals surface area (Å²) >= 11 is 0. The molecule has 4 nitrogen and oxygen atoms in total. The van der Waals surface area contributed by atoms with Gasteiger partial charge in [-0.25, -0.2) is 12.7 Å². The second-order valence-corrected chi connectivity index (χ2v) is 6.01. The third-order valence-corrected chi connectivity index (χ3v) is 4.72. The van der Waals surface area contributed by atoms with Gasteiger partial charge in [-0.15, -0.1) is 0 Å². The largest absolute Gasteiger partial charge is 0.316 e. The molecule has 0 saturated carbocycles. The SMILES string of the molecule is CCCN(CC)S(=O)(=O)C(C)CNCC. The zero-order valence-corrected chi connectivity index (χ0v) is 11.1. The predicted molar refractivity (Wildman–Crippen MR) is 64.5 cm³/mol. The molecule has 92 valence electrons. The summed E-state index contributed by atoms with van der Waals surface area (Å²) < 4.78 is 25.7. The average molecular weight is 236 g/mol. The first-order chi connectivity index (χ1) is 7.00. The smallest absolute Gasteiger partial charge is 0.217 e. The number of nitrogens with zero attached hydrogens (tertiary/aromatic N) is 1. The second kappa shape index (κ2) is 7.19. The molecule has 15 heavy (non-hydrogen) atoms. The van der Waals surface area contributed by atoms with Crippen molar-refractivity contribution in [1.29, 1.82) is 0 Å². The lowest BCUT2D eigenvalue weighted by Gasteiger charge is -2.24. The predicted octanol–water partition coefficient (Wildman–Crippen LogP) is 1.05. The van der Waals surface area contributed by atoms with Crippen LogP contribution in [0.1, 0.15) is 34.1 Å². The number of nitrogens with one attached hydrogen (secondary N) is 1. The van der Waals surface area contributed by atoms with Crippen molar-refractivity contribution in [3.63, 3.8) is 0 Å². The summed E-state index contributed by atoms with van der Waals surface area (Å²) in [6.45, 7) is 10.1. The van der Waals surface area contributed by atoms with Crippen LogP contribution in [0.4, 0.5) is 0 Å². The molecule has 0 bridgehead atoms. The Hall–Kier alpha value is -0.130. The normalized spacial score (nSPS) is 14.5. The van der Waals surface area contributed by atoms with Gasteiger partial charge in [-0.1, -0.05) is 20.8 Å². The minimum Gasteiger partial charge on any atom is -0.316 e. The Labute approximate surface area is 94.1 Å². The Morgan fingerprint density at radius 1 is 1.27 bits per heavy atom. The fourth-order valence-corrected chi connectivity index (χ4v) is 3.06. The van der Waals surface area contributed by atoms with Crippen LogP contribution in [-0.2, 0) is 10.0 Å². The van der Waals surface area contributed by atoms with Crippen molar-refractivity contribution in [3.8, 4) is 0 Å². The first-order valence-electron chi connectivity index (χ1n) is 5.70. The van der Waals surface area contributed by atoms with Gasteiger partial charge in [-0.3, -0.25) is 0 Å². The molecule has 0 rings (SSSR count). The number of sulfonamides is 1. The molecule has 1 N–H and O–H groups in total. The van der Waals surface area contributed by atoms with Crippen LogP contribution in [0.15, 0.2) is 0 Å². The van der Waals surface area contributed by atoms with Crippen molar-refractivity contribution >= 4 is 10.0 Å². The van der Waals surface area contributed by atoms with E-state index in [1.165, 1.54) is 0 Å². The number of hydrogen-bond donors (Lipinski definition) is 1. The number of hydrogen-bond acceptors (Lipinski definition) is 3. The maximum absolute atomic E-state index is 12.0. The van der Waals surface area contributed by atoms with E-state index < -0.39 is 10.0 Å². The van der Waals surface area contributed by atoms with Crippen molar-refractivity contribution in [2.45, 2.75) is 39.4 Å². The third kappa shape index (κ3) is 4.49. The average Bonchev–Trinajstić information content (AvgIpc) is 2.21. The van der Waals surface area contributed by atoms with Crippen molar-refractivity contribution in [1.82, 2.24) is 9.62 Å². The molecular weight excluding hydrogens is 212 g/mol. The van der Waals surface area contributed by atoms with Gasteiger partial charge in [0.2, 0.25) is 10.0 Å². The summed E-state index contributed by atoms with van der Waals surface area (Å²) in [5.74, 6) is 0. The van der Waals surface area contributed by atoms with Gasteiger partial charge in [0.05, 0.1) is 5.25 Å². The quantitative estimate of drug-likeness (QED) is 0.685. The molecule has 1 unspecified atom stereocenters. The van der Waals surface area contributed by atoms with Gasteiger partial charge in [0.25, 0.3) is 0 Å². The van der Waals surface area contributed by atoms with Gasteiger partial charge in [0.1, 0.15) is 0 Å². The third-order valence-electron chi connectivity index (χ3n) is 2.38.